The van der Waals surface area contributed by atoms with Crippen molar-refractivity contribution in [2.24, 2.45) is 17.8 Å². The number of carbonyl (C=O) groups excluding carboxylic acids is 1. The molecule has 1 aliphatic rings. The largest absolute Gasteiger partial charge is 0.299 e. The average Bonchev–Trinajstić information content (AvgIpc) is 2.85. The van der Waals surface area contributed by atoms with E-state index >= 15 is 0 Å². The summed E-state index contributed by atoms with van der Waals surface area (Å²) >= 11 is 0. The molecule has 1 aliphatic carbocycles. The molecule has 0 spiro atoms. The second-order valence-electron chi connectivity index (χ2n) is 6.53. The molecule has 0 N–H and O–H groups in total. The Labute approximate surface area is 122 Å². The van der Waals surface area contributed by atoms with Crippen LogP contribution < -0.4 is 0 Å². The molecule has 0 radical (unpaired) electrons. The summed E-state index contributed by atoms with van der Waals surface area (Å²) in [5, 5.41) is 4.24. The van der Waals surface area contributed by atoms with Gasteiger partial charge in [0.25, 0.3) is 0 Å². The third kappa shape index (κ3) is 3.90. The van der Waals surface area contributed by atoms with Crippen LogP contribution in [-0.4, -0.2) is 20.5 Å². The van der Waals surface area contributed by atoms with E-state index in [4.69, 9.17) is 0 Å². The van der Waals surface area contributed by atoms with Crippen molar-refractivity contribution in [3.05, 3.63) is 12.2 Å². The van der Waals surface area contributed by atoms with E-state index in [1.54, 1.807) is 6.33 Å². The Morgan fingerprint density at radius 3 is 2.95 bits per heavy atom. The lowest BCUT2D eigenvalue weighted by atomic mass is 9.77. The van der Waals surface area contributed by atoms with E-state index in [0.717, 1.165) is 31.1 Å². The SMILES string of the molecule is CCC1CCCC(C(=O)Cc2ncnn2CC(C)C)C1. The van der Waals surface area contributed by atoms with Gasteiger partial charge in [0.05, 0.1) is 6.42 Å². The molecule has 1 heterocycles. The molecule has 20 heavy (non-hydrogen) atoms. The molecular weight excluding hydrogens is 250 g/mol. The molecular formula is C16H27N3O. The summed E-state index contributed by atoms with van der Waals surface area (Å²) in [7, 11) is 0. The molecule has 2 rings (SSSR count). The van der Waals surface area contributed by atoms with Crippen molar-refractivity contribution >= 4 is 5.78 Å². The number of hydrogen-bond acceptors (Lipinski definition) is 3. The lowest BCUT2D eigenvalue weighted by Gasteiger charge is -2.27. The molecule has 4 heteroatoms. The van der Waals surface area contributed by atoms with E-state index in [2.05, 4.69) is 30.9 Å². The van der Waals surface area contributed by atoms with Gasteiger partial charge in [-0.3, -0.25) is 4.79 Å². The zero-order chi connectivity index (χ0) is 14.5. The standard InChI is InChI=1S/C16H27N3O/c1-4-13-6-5-7-14(8-13)15(20)9-16-17-11-18-19(16)10-12(2)3/h11-14H,4-10H2,1-3H3. The predicted octanol–water partition coefficient (Wildman–Crippen LogP) is 3.26. The maximum Gasteiger partial charge on any atom is 0.143 e. The molecule has 0 saturated heterocycles. The lowest BCUT2D eigenvalue weighted by molar-refractivity contribution is -0.123. The first kappa shape index (κ1) is 15.2. The summed E-state index contributed by atoms with van der Waals surface area (Å²) in [5.41, 5.74) is 0. The minimum absolute atomic E-state index is 0.248. The molecule has 4 nitrogen and oxygen atoms in total. The monoisotopic (exact) mass is 277 g/mol. The zero-order valence-electron chi connectivity index (χ0n) is 13.0. The number of aromatic nitrogens is 3. The summed E-state index contributed by atoms with van der Waals surface area (Å²) in [6, 6.07) is 0. The second kappa shape index (κ2) is 7.00. The van der Waals surface area contributed by atoms with Crippen LogP contribution in [0.2, 0.25) is 0 Å². The highest BCUT2D eigenvalue weighted by atomic mass is 16.1. The second-order valence-corrected chi connectivity index (χ2v) is 6.53. The van der Waals surface area contributed by atoms with Crippen molar-refractivity contribution in [2.45, 2.75) is 65.8 Å². The van der Waals surface area contributed by atoms with Crippen LogP contribution in [0.4, 0.5) is 0 Å². The Bertz CT molecular complexity index is 439. The first-order valence-corrected chi connectivity index (χ1v) is 7.99. The van der Waals surface area contributed by atoms with Gasteiger partial charge in [0, 0.05) is 12.5 Å². The third-order valence-electron chi connectivity index (χ3n) is 4.38. The van der Waals surface area contributed by atoms with Crippen LogP contribution in [0.5, 0.6) is 0 Å². The van der Waals surface area contributed by atoms with Crippen LogP contribution in [0.25, 0.3) is 0 Å². The fourth-order valence-corrected chi connectivity index (χ4v) is 3.18. The van der Waals surface area contributed by atoms with Crippen LogP contribution in [0.15, 0.2) is 6.33 Å². The minimum atomic E-state index is 0.248. The molecule has 0 bridgehead atoms. The van der Waals surface area contributed by atoms with E-state index in [-0.39, 0.29) is 5.92 Å². The van der Waals surface area contributed by atoms with Gasteiger partial charge in [-0.15, -0.1) is 0 Å². The summed E-state index contributed by atoms with van der Waals surface area (Å²) in [6.07, 6.45) is 7.86. The van der Waals surface area contributed by atoms with Gasteiger partial charge in [0.2, 0.25) is 0 Å². The van der Waals surface area contributed by atoms with Gasteiger partial charge < -0.3 is 0 Å². The van der Waals surface area contributed by atoms with Crippen molar-refractivity contribution in [3.8, 4) is 0 Å². The van der Waals surface area contributed by atoms with Crippen molar-refractivity contribution in [1.82, 2.24) is 14.8 Å². The van der Waals surface area contributed by atoms with E-state index in [1.165, 1.54) is 19.3 Å². The number of ketones is 1. The summed E-state index contributed by atoms with van der Waals surface area (Å²) in [5.74, 6) is 2.71. The third-order valence-corrected chi connectivity index (χ3v) is 4.38. The predicted molar refractivity (Wildman–Crippen MR) is 79.3 cm³/mol. The molecule has 2 atom stereocenters. The van der Waals surface area contributed by atoms with E-state index in [9.17, 15) is 4.79 Å². The van der Waals surface area contributed by atoms with Gasteiger partial charge in [-0.05, 0) is 24.7 Å². The Morgan fingerprint density at radius 2 is 2.25 bits per heavy atom. The number of carbonyl (C=O) groups is 1. The maximum absolute atomic E-state index is 12.5. The van der Waals surface area contributed by atoms with Gasteiger partial charge in [-0.2, -0.15) is 5.10 Å². The molecule has 2 unspecified atom stereocenters. The first-order chi connectivity index (χ1) is 9.60. The normalized spacial score (nSPS) is 23.2. The molecule has 0 aromatic carbocycles. The molecule has 0 amide bonds. The van der Waals surface area contributed by atoms with Crippen LogP contribution in [-0.2, 0) is 17.8 Å². The van der Waals surface area contributed by atoms with Crippen molar-refractivity contribution < 1.29 is 4.79 Å². The Kier molecular flexibility index (Phi) is 5.32. The first-order valence-electron chi connectivity index (χ1n) is 7.99. The zero-order valence-corrected chi connectivity index (χ0v) is 13.0. The Balaban J connectivity index is 1.95. The highest BCUT2D eigenvalue weighted by molar-refractivity contribution is 5.82. The van der Waals surface area contributed by atoms with E-state index < -0.39 is 0 Å². The molecule has 1 saturated carbocycles. The van der Waals surface area contributed by atoms with Crippen molar-refractivity contribution in [3.63, 3.8) is 0 Å². The lowest BCUT2D eigenvalue weighted by Crippen LogP contribution is -2.25. The molecule has 112 valence electrons. The molecule has 1 aromatic rings. The quantitative estimate of drug-likeness (QED) is 0.802. The van der Waals surface area contributed by atoms with E-state index in [0.29, 0.717) is 18.1 Å². The Morgan fingerprint density at radius 1 is 1.45 bits per heavy atom. The highest BCUT2D eigenvalue weighted by Gasteiger charge is 2.27. The van der Waals surface area contributed by atoms with Gasteiger partial charge in [-0.1, -0.05) is 40.0 Å². The van der Waals surface area contributed by atoms with Gasteiger partial charge in [0.15, 0.2) is 0 Å². The summed E-state index contributed by atoms with van der Waals surface area (Å²) in [4.78, 5) is 16.8. The smallest absolute Gasteiger partial charge is 0.143 e. The number of hydrogen-bond donors (Lipinski definition) is 0. The van der Waals surface area contributed by atoms with E-state index in [1.807, 2.05) is 4.68 Å². The van der Waals surface area contributed by atoms with Crippen molar-refractivity contribution in [1.29, 1.82) is 0 Å². The summed E-state index contributed by atoms with van der Waals surface area (Å²) < 4.78 is 1.89. The number of rotatable bonds is 6. The van der Waals surface area contributed by atoms with Gasteiger partial charge in [0.1, 0.15) is 17.9 Å². The topological polar surface area (TPSA) is 47.8 Å². The van der Waals surface area contributed by atoms with Crippen LogP contribution in [0, 0.1) is 17.8 Å². The van der Waals surface area contributed by atoms with Crippen LogP contribution >= 0.6 is 0 Å². The molecule has 1 aromatic heterocycles. The molecule has 0 aliphatic heterocycles. The number of nitrogens with zero attached hydrogens (tertiary/aromatic N) is 3. The summed E-state index contributed by atoms with van der Waals surface area (Å²) in [6.45, 7) is 7.38. The van der Waals surface area contributed by atoms with Crippen molar-refractivity contribution in [2.75, 3.05) is 0 Å². The fourth-order valence-electron chi connectivity index (χ4n) is 3.18. The maximum atomic E-state index is 12.5. The molecule has 1 fully saturated rings. The minimum Gasteiger partial charge on any atom is -0.299 e. The average molecular weight is 277 g/mol. The fraction of sp³-hybridized carbons (Fsp3) is 0.812. The highest BCUT2D eigenvalue weighted by Crippen LogP contribution is 2.31. The van der Waals surface area contributed by atoms with Crippen LogP contribution in [0.3, 0.4) is 0 Å². The van der Waals surface area contributed by atoms with Gasteiger partial charge >= 0.3 is 0 Å². The number of Topliss-reactive ketones (excluding diaryl/α,β-unsaturated/α-hetero) is 1. The van der Waals surface area contributed by atoms with Gasteiger partial charge in [-0.25, -0.2) is 9.67 Å². The van der Waals surface area contributed by atoms with Crippen LogP contribution in [0.1, 0.15) is 58.7 Å². The Hall–Kier alpha value is -1.19.